The monoisotopic (exact) mass is 976 g/mol. The quantitative estimate of drug-likeness (QED) is 0.114. The number of benzene rings is 11. The maximum atomic E-state index is 14.3. The highest BCUT2D eigenvalue weighted by Crippen LogP contribution is 2.52. The van der Waals surface area contributed by atoms with Crippen LogP contribution in [0.2, 0.25) is 0 Å². The largest absolute Gasteiger partial charge is 0.309 e. The van der Waals surface area contributed by atoms with Gasteiger partial charge in [-0.25, -0.2) is 0 Å². The summed E-state index contributed by atoms with van der Waals surface area (Å²) in [5.41, 5.74) is 14.1. The second-order valence-corrected chi connectivity index (χ2v) is 18.9. The third-order valence-electron chi connectivity index (χ3n) is 14.5. The zero-order valence-corrected chi connectivity index (χ0v) is 40.9. The van der Waals surface area contributed by atoms with E-state index < -0.39 is 0 Å². The lowest BCUT2D eigenvalue weighted by atomic mass is 9.88. The minimum Gasteiger partial charge on any atom is -0.309 e. The van der Waals surface area contributed by atoms with Crippen molar-refractivity contribution in [3.05, 3.63) is 311 Å². The number of ketones is 4. The molecule has 0 saturated carbocycles. The summed E-state index contributed by atoms with van der Waals surface area (Å²) in [6, 6.07) is 85.8. The number of aromatic nitrogens is 2. The molecule has 2 aromatic heterocycles. The van der Waals surface area contributed by atoms with Crippen LogP contribution in [-0.2, 0) is 0 Å². The standard InChI is InChI=1S/C70H44N2O4/c73-67(47-17-5-1-6-18-47)51-37-41-53(42-38-51)69(75)49-33-29-45(30-34-49)61-63-57-25-13-15-27-59(57)72(56-23-11-4-12-24-56)66(63)62(64-58-26-14-16-28-60(58)71(65(61)64)55-21-9-3-10-22-55)46-31-35-50(36-32-46)70(76)54-43-39-52(40-44-54)68(74)48-19-7-2-8-20-48/h1-44H. The number of hydrogen-bond acceptors (Lipinski definition) is 4. The Balaban J connectivity index is 1.02. The fourth-order valence-corrected chi connectivity index (χ4v) is 10.9. The van der Waals surface area contributed by atoms with Crippen LogP contribution in [0.5, 0.6) is 0 Å². The van der Waals surface area contributed by atoms with Crippen molar-refractivity contribution < 1.29 is 19.2 Å². The van der Waals surface area contributed by atoms with E-state index in [0.717, 1.165) is 77.2 Å². The van der Waals surface area contributed by atoms with Crippen LogP contribution in [0.3, 0.4) is 0 Å². The van der Waals surface area contributed by atoms with Gasteiger partial charge in [0.15, 0.2) is 23.1 Å². The first-order valence-electron chi connectivity index (χ1n) is 25.2. The molecule has 0 aliphatic carbocycles. The first-order chi connectivity index (χ1) is 37.4. The molecule has 0 aliphatic rings. The van der Waals surface area contributed by atoms with E-state index in [1.54, 1.807) is 72.8 Å². The molecule has 358 valence electrons. The van der Waals surface area contributed by atoms with Gasteiger partial charge in [0.2, 0.25) is 0 Å². The molecule has 76 heavy (non-hydrogen) atoms. The van der Waals surface area contributed by atoms with Crippen LogP contribution in [0.1, 0.15) is 63.7 Å². The van der Waals surface area contributed by atoms with Crippen molar-refractivity contribution in [1.29, 1.82) is 0 Å². The topological polar surface area (TPSA) is 78.1 Å². The fraction of sp³-hybridized carbons (Fsp3) is 0. The third kappa shape index (κ3) is 7.75. The predicted octanol–water partition coefficient (Wildman–Crippen LogP) is 16.1. The number of fused-ring (bicyclic) bond motifs is 6. The molecule has 13 rings (SSSR count). The number of hydrogen-bond donors (Lipinski definition) is 0. The molecule has 0 saturated heterocycles. The summed E-state index contributed by atoms with van der Waals surface area (Å²) in [6.45, 7) is 0. The summed E-state index contributed by atoms with van der Waals surface area (Å²) in [7, 11) is 0. The van der Waals surface area contributed by atoms with Crippen molar-refractivity contribution in [2.45, 2.75) is 0 Å². The number of carbonyl (C=O) groups excluding carboxylic acids is 4. The van der Waals surface area contributed by atoms with Crippen LogP contribution in [0.4, 0.5) is 0 Å². The Labute approximate surface area is 438 Å². The van der Waals surface area contributed by atoms with Crippen molar-refractivity contribution in [3.8, 4) is 33.6 Å². The predicted molar refractivity (Wildman–Crippen MR) is 305 cm³/mol. The van der Waals surface area contributed by atoms with Gasteiger partial charge in [-0.2, -0.15) is 0 Å². The molecule has 0 radical (unpaired) electrons. The van der Waals surface area contributed by atoms with Gasteiger partial charge in [0.1, 0.15) is 0 Å². The average molecular weight is 977 g/mol. The van der Waals surface area contributed by atoms with E-state index in [0.29, 0.717) is 44.5 Å². The Kier molecular flexibility index (Phi) is 11.4. The van der Waals surface area contributed by atoms with Crippen LogP contribution >= 0.6 is 0 Å². The number of rotatable bonds is 12. The van der Waals surface area contributed by atoms with E-state index in [1.165, 1.54) is 0 Å². The summed E-state index contributed by atoms with van der Waals surface area (Å²) < 4.78 is 4.72. The highest BCUT2D eigenvalue weighted by Gasteiger charge is 2.29. The fourth-order valence-electron chi connectivity index (χ4n) is 10.9. The lowest BCUT2D eigenvalue weighted by Gasteiger charge is -2.19. The molecule has 0 fully saturated rings. The first-order valence-corrected chi connectivity index (χ1v) is 25.2. The van der Waals surface area contributed by atoms with Crippen molar-refractivity contribution in [2.75, 3.05) is 0 Å². The van der Waals surface area contributed by atoms with Crippen LogP contribution in [0.15, 0.2) is 267 Å². The normalized spacial score (nSPS) is 11.4. The second kappa shape index (κ2) is 19.0. The Morgan fingerprint density at radius 2 is 0.474 bits per heavy atom. The minimum absolute atomic E-state index is 0.0988. The van der Waals surface area contributed by atoms with Gasteiger partial charge in [0.25, 0.3) is 0 Å². The molecule has 6 heteroatoms. The van der Waals surface area contributed by atoms with Gasteiger partial charge >= 0.3 is 0 Å². The minimum atomic E-state index is -0.146. The Morgan fingerprint density at radius 1 is 0.237 bits per heavy atom. The van der Waals surface area contributed by atoms with E-state index in [4.69, 9.17) is 0 Å². The van der Waals surface area contributed by atoms with Crippen LogP contribution in [0, 0.1) is 0 Å². The van der Waals surface area contributed by atoms with Gasteiger partial charge in [0.05, 0.1) is 22.1 Å². The van der Waals surface area contributed by atoms with Gasteiger partial charge in [-0.15, -0.1) is 0 Å². The highest BCUT2D eigenvalue weighted by molar-refractivity contribution is 6.33. The van der Waals surface area contributed by atoms with Crippen molar-refractivity contribution in [3.63, 3.8) is 0 Å². The van der Waals surface area contributed by atoms with Crippen molar-refractivity contribution in [1.82, 2.24) is 9.13 Å². The molecule has 0 aliphatic heterocycles. The summed E-state index contributed by atoms with van der Waals surface area (Å²) in [4.78, 5) is 55.0. The van der Waals surface area contributed by atoms with Gasteiger partial charge in [-0.05, 0) is 47.5 Å². The number of nitrogens with zero attached hydrogens (tertiary/aromatic N) is 2. The Morgan fingerprint density at radius 3 is 0.776 bits per heavy atom. The molecule has 0 N–H and O–H groups in total. The molecular weight excluding hydrogens is 933 g/mol. The van der Waals surface area contributed by atoms with E-state index in [-0.39, 0.29) is 23.1 Å². The van der Waals surface area contributed by atoms with Gasteiger partial charge in [-0.1, -0.05) is 231 Å². The van der Waals surface area contributed by atoms with Gasteiger partial charge in [0, 0.05) is 88.6 Å². The summed E-state index contributed by atoms with van der Waals surface area (Å²) in [5, 5.41) is 4.17. The van der Waals surface area contributed by atoms with Gasteiger partial charge < -0.3 is 9.13 Å². The van der Waals surface area contributed by atoms with E-state index in [2.05, 4.69) is 130 Å². The third-order valence-corrected chi connectivity index (χ3v) is 14.5. The first kappa shape index (κ1) is 45.6. The SMILES string of the molecule is O=C(c1ccccc1)c1ccc(C(=O)c2ccc(-c3c4c5ccccc5n(-c5ccccc5)c4c(-c4ccc(C(=O)c5ccc(C(=O)c6ccccc6)cc5)cc4)c4c5ccccc5n(-c5ccccc5)c34)cc2)cc1. The second-order valence-electron chi connectivity index (χ2n) is 18.9. The molecule has 6 nitrogen and oxygen atoms in total. The molecular formula is C70H44N2O4. The summed E-state index contributed by atoms with van der Waals surface area (Å²) in [5.74, 6) is -0.490. The van der Waals surface area contributed by atoms with E-state index in [9.17, 15) is 19.2 Å². The summed E-state index contributed by atoms with van der Waals surface area (Å²) >= 11 is 0. The molecule has 0 unspecified atom stereocenters. The Hall–Kier alpha value is -10.3. The Bertz CT molecular complexity index is 4100. The molecule has 0 spiro atoms. The molecule has 0 atom stereocenters. The maximum absolute atomic E-state index is 14.3. The maximum Gasteiger partial charge on any atom is 0.193 e. The van der Waals surface area contributed by atoms with Crippen LogP contribution in [-0.4, -0.2) is 32.3 Å². The summed E-state index contributed by atoms with van der Waals surface area (Å²) in [6.07, 6.45) is 0. The number of para-hydroxylation sites is 4. The number of carbonyl (C=O) groups is 4. The van der Waals surface area contributed by atoms with Crippen LogP contribution < -0.4 is 0 Å². The molecule has 0 amide bonds. The smallest absolute Gasteiger partial charge is 0.193 e. The van der Waals surface area contributed by atoms with Crippen molar-refractivity contribution in [2.24, 2.45) is 0 Å². The molecule has 11 aromatic carbocycles. The highest BCUT2D eigenvalue weighted by atomic mass is 16.1. The van der Waals surface area contributed by atoms with Crippen LogP contribution in [0.25, 0.3) is 77.2 Å². The van der Waals surface area contributed by atoms with Crippen molar-refractivity contribution >= 4 is 66.7 Å². The molecule has 2 heterocycles. The lowest BCUT2D eigenvalue weighted by Crippen LogP contribution is -2.04. The van der Waals surface area contributed by atoms with Gasteiger partial charge in [-0.3, -0.25) is 19.2 Å². The van der Waals surface area contributed by atoms with E-state index in [1.807, 2.05) is 72.8 Å². The zero-order valence-electron chi connectivity index (χ0n) is 40.9. The van der Waals surface area contributed by atoms with E-state index >= 15 is 0 Å². The average Bonchev–Trinajstić information content (AvgIpc) is 4.02. The lowest BCUT2D eigenvalue weighted by molar-refractivity contribution is 0.102. The molecule has 13 aromatic rings. The molecule has 0 bridgehead atoms. The zero-order chi connectivity index (χ0) is 51.3.